The fourth-order valence-electron chi connectivity index (χ4n) is 3.17. The number of hydrogen-bond acceptors (Lipinski definition) is 4. The van der Waals surface area contributed by atoms with Gasteiger partial charge in [0.25, 0.3) is 11.8 Å². The summed E-state index contributed by atoms with van der Waals surface area (Å²) in [6, 6.07) is 12.8. The Balaban J connectivity index is 1.62. The number of carbonyl (C=O) groups is 2. The summed E-state index contributed by atoms with van der Waals surface area (Å²) < 4.78 is 2.57. The Bertz CT molecular complexity index is 1180. The van der Waals surface area contributed by atoms with Crippen LogP contribution >= 0.6 is 27.5 Å². The summed E-state index contributed by atoms with van der Waals surface area (Å²) >= 11 is 9.61. The maximum Gasteiger partial charge on any atom is 0.260 e. The highest BCUT2D eigenvalue weighted by molar-refractivity contribution is 9.10. The first-order valence-corrected chi connectivity index (χ1v) is 9.96. The largest absolute Gasteiger partial charge is 0.361 e. The normalized spacial score (nSPS) is 14.7. The first-order chi connectivity index (χ1) is 13.8. The lowest BCUT2D eigenvalue weighted by atomic mass is 9.95. The molecular weight excluding hydrogens is 456 g/mol. The van der Waals surface area contributed by atoms with E-state index in [4.69, 9.17) is 11.6 Å². The molecule has 0 fully saturated rings. The van der Waals surface area contributed by atoms with Gasteiger partial charge in [-0.25, -0.2) is 4.68 Å². The summed E-state index contributed by atoms with van der Waals surface area (Å²) in [5, 5.41) is 10.6. The molecule has 0 bridgehead atoms. The van der Waals surface area contributed by atoms with Crippen LogP contribution in [0.3, 0.4) is 0 Å². The first-order valence-electron chi connectivity index (χ1n) is 8.79. The zero-order valence-electron chi connectivity index (χ0n) is 15.6. The predicted octanol–water partition coefficient (Wildman–Crippen LogP) is 4.63. The van der Waals surface area contributed by atoms with Crippen LogP contribution in [0.5, 0.6) is 0 Å². The van der Waals surface area contributed by atoms with Crippen molar-refractivity contribution in [1.82, 2.24) is 15.1 Å². The minimum atomic E-state index is -0.443. The Hall–Kier alpha value is -2.90. The molecule has 1 aromatic heterocycles. The number of nitrogens with one attached hydrogen (secondary N) is 2. The lowest BCUT2D eigenvalue weighted by Gasteiger charge is -2.18. The number of aromatic nitrogens is 2. The average molecular weight is 472 g/mol. The lowest BCUT2D eigenvalue weighted by molar-refractivity contribution is -0.114. The highest BCUT2D eigenvalue weighted by atomic mass is 79.9. The number of fused-ring (bicyclic) bond motifs is 1. The summed E-state index contributed by atoms with van der Waals surface area (Å²) in [6.07, 6.45) is 1.60. The standard InChI is InChI=1S/C21H16BrClN4O2/c1-11-19(23)12(2)27(26-11)15-6-4-14(5-7-15)24-10-18-17-9-13(22)3-8-16(17)20(28)25-21(18)29/h3-10,24H,1-2H3,(H,25,28,29). The highest BCUT2D eigenvalue weighted by Crippen LogP contribution is 2.28. The van der Waals surface area contributed by atoms with Gasteiger partial charge in [-0.1, -0.05) is 27.5 Å². The van der Waals surface area contributed by atoms with Gasteiger partial charge in [0.1, 0.15) is 0 Å². The minimum Gasteiger partial charge on any atom is -0.361 e. The van der Waals surface area contributed by atoms with Gasteiger partial charge in [-0.15, -0.1) is 0 Å². The molecule has 29 heavy (non-hydrogen) atoms. The number of rotatable bonds is 3. The molecule has 6 nitrogen and oxygen atoms in total. The van der Waals surface area contributed by atoms with Gasteiger partial charge in [-0.2, -0.15) is 5.10 Å². The Kier molecular flexibility index (Phi) is 5.02. The van der Waals surface area contributed by atoms with E-state index in [1.807, 2.05) is 38.1 Å². The second-order valence-corrected chi connectivity index (χ2v) is 7.91. The fourth-order valence-corrected chi connectivity index (χ4v) is 3.65. The van der Waals surface area contributed by atoms with Crippen LogP contribution in [0, 0.1) is 13.8 Å². The number of anilines is 1. The van der Waals surface area contributed by atoms with Crippen molar-refractivity contribution in [3.05, 3.63) is 80.7 Å². The van der Waals surface area contributed by atoms with Gasteiger partial charge in [0.05, 0.1) is 27.7 Å². The molecule has 0 radical (unpaired) electrons. The Morgan fingerprint density at radius 1 is 1.07 bits per heavy atom. The molecule has 0 unspecified atom stereocenters. The van der Waals surface area contributed by atoms with Crippen molar-refractivity contribution in [3.63, 3.8) is 0 Å². The van der Waals surface area contributed by atoms with Gasteiger partial charge in [-0.05, 0) is 56.3 Å². The van der Waals surface area contributed by atoms with Crippen LogP contribution in [0.1, 0.15) is 27.3 Å². The molecule has 0 atom stereocenters. The van der Waals surface area contributed by atoms with Crippen molar-refractivity contribution in [3.8, 4) is 5.69 Å². The van der Waals surface area contributed by atoms with Crippen LogP contribution in [0.4, 0.5) is 5.69 Å². The van der Waals surface area contributed by atoms with E-state index < -0.39 is 11.8 Å². The molecule has 1 aliphatic rings. The quantitative estimate of drug-likeness (QED) is 0.431. The first kappa shape index (κ1) is 19.4. The summed E-state index contributed by atoms with van der Waals surface area (Å²) in [6.45, 7) is 3.78. The Morgan fingerprint density at radius 3 is 2.45 bits per heavy atom. The van der Waals surface area contributed by atoms with E-state index in [1.165, 1.54) is 0 Å². The van der Waals surface area contributed by atoms with Gasteiger partial charge >= 0.3 is 0 Å². The third-order valence-electron chi connectivity index (χ3n) is 4.69. The maximum absolute atomic E-state index is 12.3. The average Bonchev–Trinajstić information content (AvgIpc) is 2.95. The molecular formula is C21H16BrClN4O2. The molecule has 2 aromatic carbocycles. The van der Waals surface area contributed by atoms with Crippen molar-refractivity contribution >= 4 is 50.6 Å². The number of nitrogens with zero attached hydrogens (tertiary/aromatic N) is 2. The minimum absolute atomic E-state index is 0.385. The fraction of sp³-hybridized carbons (Fsp3) is 0.0952. The molecule has 3 aromatic rings. The van der Waals surface area contributed by atoms with E-state index in [9.17, 15) is 9.59 Å². The second-order valence-electron chi connectivity index (χ2n) is 6.62. The molecule has 0 spiro atoms. The van der Waals surface area contributed by atoms with Crippen LogP contribution in [-0.4, -0.2) is 21.6 Å². The van der Waals surface area contributed by atoms with Crippen LogP contribution in [0.25, 0.3) is 11.3 Å². The third-order valence-corrected chi connectivity index (χ3v) is 5.73. The van der Waals surface area contributed by atoms with E-state index in [0.717, 1.165) is 27.2 Å². The smallest absolute Gasteiger partial charge is 0.260 e. The van der Waals surface area contributed by atoms with Crippen molar-refractivity contribution in [1.29, 1.82) is 0 Å². The van der Waals surface area contributed by atoms with Crippen molar-refractivity contribution in [2.24, 2.45) is 0 Å². The molecule has 2 heterocycles. The molecule has 1 aliphatic heterocycles. The monoisotopic (exact) mass is 470 g/mol. The van der Waals surface area contributed by atoms with Crippen molar-refractivity contribution < 1.29 is 9.59 Å². The van der Waals surface area contributed by atoms with Gasteiger partial charge in [0.15, 0.2) is 0 Å². The zero-order chi connectivity index (χ0) is 20.7. The molecule has 2 amide bonds. The number of hydrogen-bond donors (Lipinski definition) is 2. The number of carbonyl (C=O) groups excluding carboxylic acids is 2. The SMILES string of the molecule is Cc1nn(-c2ccc(NC=C3C(=O)NC(=O)c4ccc(Br)cc43)cc2)c(C)c1Cl. The van der Waals surface area contributed by atoms with Crippen LogP contribution < -0.4 is 10.6 Å². The van der Waals surface area contributed by atoms with Gasteiger partial charge < -0.3 is 5.32 Å². The number of imide groups is 1. The van der Waals surface area contributed by atoms with Crippen LogP contribution in [-0.2, 0) is 4.79 Å². The van der Waals surface area contributed by atoms with Crippen molar-refractivity contribution in [2.75, 3.05) is 5.32 Å². The highest BCUT2D eigenvalue weighted by Gasteiger charge is 2.27. The molecule has 8 heteroatoms. The third kappa shape index (κ3) is 3.59. The lowest BCUT2D eigenvalue weighted by Crippen LogP contribution is -2.36. The van der Waals surface area contributed by atoms with E-state index >= 15 is 0 Å². The van der Waals surface area contributed by atoms with Crippen LogP contribution in [0.15, 0.2) is 53.1 Å². The maximum atomic E-state index is 12.3. The number of halogens is 2. The van der Waals surface area contributed by atoms with E-state index in [1.54, 1.807) is 29.1 Å². The second kappa shape index (κ2) is 7.50. The van der Waals surface area contributed by atoms with Crippen LogP contribution in [0.2, 0.25) is 5.02 Å². The molecule has 2 N–H and O–H groups in total. The Morgan fingerprint density at radius 2 is 1.79 bits per heavy atom. The van der Waals surface area contributed by atoms with Crippen molar-refractivity contribution in [2.45, 2.75) is 13.8 Å². The van der Waals surface area contributed by atoms with E-state index in [0.29, 0.717) is 21.7 Å². The van der Waals surface area contributed by atoms with Gasteiger partial charge in [-0.3, -0.25) is 14.9 Å². The summed E-state index contributed by atoms with van der Waals surface area (Å²) in [7, 11) is 0. The molecule has 0 saturated carbocycles. The number of aryl methyl sites for hydroxylation is 1. The summed E-state index contributed by atoms with van der Waals surface area (Å²) in [4.78, 5) is 24.4. The summed E-state index contributed by atoms with van der Waals surface area (Å²) in [5.74, 6) is -0.843. The summed E-state index contributed by atoms with van der Waals surface area (Å²) in [5.41, 5.74) is 4.74. The topological polar surface area (TPSA) is 76.0 Å². The Labute approximate surface area is 180 Å². The molecule has 146 valence electrons. The molecule has 0 aliphatic carbocycles. The number of amides is 2. The van der Waals surface area contributed by atoms with Gasteiger partial charge in [0, 0.05) is 27.5 Å². The van der Waals surface area contributed by atoms with E-state index in [2.05, 4.69) is 31.7 Å². The molecule has 4 rings (SSSR count). The van der Waals surface area contributed by atoms with Gasteiger partial charge in [0.2, 0.25) is 0 Å². The molecule has 0 saturated heterocycles. The van der Waals surface area contributed by atoms with E-state index in [-0.39, 0.29) is 0 Å². The zero-order valence-corrected chi connectivity index (χ0v) is 17.9. The predicted molar refractivity (Wildman–Crippen MR) is 116 cm³/mol. The number of benzene rings is 2.